The molecule has 0 atom stereocenters. The second-order valence-corrected chi connectivity index (χ2v) is 5.87. The molecule has 7 heteroatoms. The van der Waals surface area contributed by atoms with Crippen LogP contribution in [0.2, 0.25) is 0 Å². The summed E-state index contributed by atoms with van der Waals surface area (Å²) in [4.78, 5) is 4.29. The van der Waals surface area contributed by atoms with E-state index in [4.69, 9.17) is 14.2 Å². The summed E-state index contributed by atoms with van der Waals surface area (Å²) in [6.45, 7) is 4.62. The second kappa shape index (κ2) is 13.2. The second-order valence-electron chi connectivity index (χ2n) is 5.87. The Balaban J connectivity index is 0.00000392. The van der Waals surface area contributed by atoms with Crippen molar-refractivity contribution in [2.24, 2.45) is 4.99 Å². The van der Waals surface area contributed by atoms with Crippen LogP contribution in [0.15, 0.2) is 47.5 Å². The Morgan fingerprint density at radius 3 is 2.25 bits per heavy atom. The molecule has 0 saturated carbocycles. The highest BCUT2D eigenvalue weighted by atomic mass is 127. The summed E-state index contributed by atoms with van der Waals surface area (Å²) in [6, 6.07) is 14.1. The molecule has 0 saturated heterocycles. The van der Waals surface area contributed by atoms with Crippen LogP contribution in [-0.4, -0.2) is 33.8 Å². The Kier molecular flexibility index (Phi) is 11.4. The first-order valence-corrected chi connectivity index (χ1v) is 9.01. The van der Waals surface area contributed by atoms with Crippen molar-refractivity contribution in [2.75, 3.05) is 27.9 Å². The van der Waals surface area contributed by atoms with Crippen LogP contribution in [0.3, 0.4) is 0 Å². The fourth-order valence-corrected chi connectivity index (χ4v) is 2.66. The van der Waals surface area contributed by atoms with E-state index in [1.165, 1.54) is 11.1 Å². The number of nitrogens with zero attached hydrogens (tertiary/aromatic N) is 1. The molecule has 2 aromatic carbocycles. The van der Waals surface area contributed by atoms with Crippen molar-refractivity contribution in [2.45, 2.75) is 26.6 Å². The number of hydrogen-bond donors (Lipinski definition) is 2. The lowest BCUT2D eigenvalue weighted by atomic mass is 10.1. The molecule has 2 rings (SSSR count). The molecule has 6 nitrogen and oxygen atoms in total. The predicted molar refractivity (Wildman–Crippen MR) is 124 cm³/mol. The normalized spacial score (nSPS) is 10.8. The molecule has 2 aromatic rings. The van der Waals surface area contributed by atoms with Gasteiger partial charge >= 0.3 is 0 Å². The van der Waals surface area contributed by atoms with Gasteiger partial charge in [-0.05, 0) is 35.7 Å². The topological polar surface area (TPSA) is 64.1 Å². The van der Waals surface area contributed by atoms with Crippen molar-refractivity contribution >= 4 is 29.9 Å². The third kappa shape index (κ3) is 7.20. The Hall–Kier alpha value is -2.00. The van der Waals surface area contributed by atoms with Gasteiger partial charge in [-0.3, -0.25) is 4.99 Å². The Labute approximate surface area is 184 Å². The summed E-state index contributed by atoms with van der Waals surface area (Å²) in [5, 5.41) is 6.67. The number of aliphatic imine (C=N–C) groups is 1. The molecular formula is C21H30IN3O3. The zero-order chi connectivity index (χ0) is 19.5. The maximum atomic E-state index is 5.54. The van der Waals surface area contributed by atoms with E-state index < -0.39 is 0 Å². The van der Waals surface area contributed by atoms with Gasteiger partial charge in [0, 0.05) is 26.7 Å². The highest BCUT2D eigenvalue weighted by Gasteiger charge is 2.06. The van der Waals surface area contributed by atoms with E-state index in [0.717, 1.165) is 17.3 Å². The van der Waals surface area contributed by atoms with Gasteiger partial charge in [-0.25, -0.2) is 0 Å². The number of halogens is 1. The zero-order valence-electron chi connectivity index (χ0n) is 17.0. The number of methoxy groups -OCH3 is 2. The molecule has 28 heavy (non-hydrogen) atoms. The molecule has 0 amide bonds. The summed E-state index contributed by atoms with van der Waals surface area (Å²) in [5.41, 5.74) is 3.45. The quantitative estimate of drug-likeness (QED) is 0.313. The SMILES string of the molecule is CCOCc1ccccc1CNC(=NC)NCc1ccc(OC)c(OC)c1.I. The van der Waals surface area contributed by atoms with Gasteiger partial charge in [0.05, 0.1) is 20.8 Å². The van der Waals surface area contributed by atoms with Gasteiger partial charge in [0.25, 0.3) is 0 Å². The Morgan fingerprint density at radius 1 is 0.929 bits per heavy atom. The van der Waals surface area contributed by atoms with E-state index in [-0.39, 0.29) is 24.0 Å². The first kappa shape index (κ1) is 24.0. The zero-order valence-corrected chi connectivity index (χ0v) is 19.3. The standard InChI is InChI=1S/C21H29N3O3.HI/c1-5-27-15-18-9-7-6-8-17(18)14-24-21(22-2)23-13-16-10-11-19(25-3)20(12-16)26-4;/h6-12H,5,13-15H2,1-4H3,(H2,22,23,24);1H. The van der Waals surface area contributed by atoms with E-state index in [2.05, 4.69) is 27.8 Å². The Morgan fingerprint density at radius 2 is 1.61 bits per heavy atom. The van der Waals surface area contributed by atoms with Crippen molar-refractivity contribution in [3.63, 3.8) is 0 Å². The smallest absolute Gasteiger partial charge is 0.191 e. The van der Waals surface area contributed by atoms with Crippen LogP contribution in [0.5, 0.6) is 11.5 Å². The van der Waals surface area contributed by atoms with E-state index in [0.29, 0.717) is 32.1 Å². The monoisotopic (exact) mass is 499 g/mol. The number of guanidine groups is 1. The number of rotatable bonds is 9. The summed E-state index contributed by atoms with van der Waals surface area (Å²) < 4.78 is 16.2. The average Bonchev–Trinajstić information content (AvgIpc) is 2.72. The van der Waals surface area contributed by atoms with E-state index in [1.807, 2.05) is 37.3 Å². The minimum atomic E-state index is 0. The van der Waals surface area contributed by atoms with Gasteiger partial charge in [0.1, 0.15) is 0 Å². The number of nitrogens with one attached hydrogen (secondary N) is 2. The lowest BCUT2D eigenvalue weighted by Gasteiger charge is -2.15. The van der Waals surface area contributed by atoms with Crippen molar-refractivity contribution in [1.29, 1.82) is 0 Å². The maximum absolute atomic E-state index is 5.54. The number of hydrogen-bond acceptors (Lipinski definition) is 4. The van der Waals surface area contributed by atoms with Crippen LogP contribution in [0.4, 0.5) is 0 Å². The van der Waals surface area contributed by atoms with Gasteiger partial charge in [-0.2, -0.15) is 0 Å². The van der Waals surface area contributed by atoms with Crippen LogP contribution >= 0.6 is 24.0 Å². The first-order valence-electron chi connectivity index (χ1n) is 9.01. The largest absolute Gasteiger partial charge is 0.493 e. The van der Waals surface area contributed by atoms with Gasteiger partial charge in [0.15, 0.2) is 17.5 Å². The van der Waals surface area contributed by atoms with Crippen LogP contribution in [0, 0.1) is 0 Å². The fourth-order valence-electron chi connectivity index (χ4n) is 2.66. The van der Waals surface area contributed by atoms with Crippen LogP contribution in [0.25, 0.3) is 0 Å². The molecule has 0 spiro atoms. The van der Waals surface area contributed by atoms with Crippen molar-refractivity contribution < 1.29 is 14.2 Å². The molecule has 0 unspecified atom stereocenters. The lowest BCUT2D eigenvalue weighted by Crippen LogP contribution is -2.36. The third-order valence-electron chi connectivity index (χ3n) is 4.16. The molecule has 0 fully saturated rings. The number of benzene rings is 2. The molecule has 0 aliphatic carbocycles. The molecule has 0 heterocycles. The summed E-state index contributed by atoms with van der Waals surface area (Å²) in [7, 11) is 5.02. The summed E-state index contributed by atoms with van der Waals surface area (Å²) in [6.07, 6.45) is 0. The fraction of sp³-hybridized carbons (Fsp3) is 0.381. The summed E-state index contributed by atoms with van der Waals surface area (Å²) >= 11 is 0. The van der Waals surface area contributed by atoms with Crippen molar-refractivity contribution in [3.05, 3.63) is 59.2 Å². The molecule has 0 aliphatic heterocycles. The number of ether oxygens (including phenoxy) is 3. The van der Waals surface area contributed by atoms with E-state index >= 15 is 0 Å². The summed E-state index contributed by atoms with van der Waals surface area (Å²) in [5.74, 6) is 2.16. The lowest BCUT2D eigenvalue weighted by molar-refractivity contribution is 0.133. The minimum Gasteiger partial charge on any atom is -0.493 e. The molecule has 154 valence electrons. The van der Waals surface area contributed by atoms with Crippen molar-refractivity contribution in [1.82, 2.24) is 10.6 Å². The molecule has 0 bridgehead atoms. The van der Waals surface area contributed by atoms with Crippen LogP contribution in [0.1, 0.15) is 23.6 Å². The van der Waals surface area contributed by atoms with Gasteiger partial charge in [-0.15, -0.1) is 24.0 Å². The predicted octanol–water partition coefficient (Wildman–Crippen LogP) is 3.72. The Bertz CT molecular complexity index is 753. The molecule has 0 aromatic heterocycles. The highest BCUT2D eigenvalue weighted by Crippen LogP contribution is 2.27. The highest BCUT2D eigenvalue weighted by molar-refractivity contribution is 14.0. The van der Waals surface area contributed by atoms with Gasteiger partial charge in [-0.1, -0.05) is 30.3 Å². The molecule has 0 radical (unpaired) electrons. The van der Waals surface area contributed by atoms with E-state index in [9.17, 15) is 0 Å². The minimum absolute atomic E-state index is 0. The first-order chi connectivity index (χ1) is 13.2. The third-order valence-corrected chi connectivity index (χ3v) is 4.16. The van der Waals surface area contributed by atoms with Crippen LogP contribution in [-0.2, 0) is 24.4 Å². The molecule has 0 aliphatic rings. The van der Waals surface area contributed by atoms with Crippen LogP contribution < -0.4 is 20.1 Å². The van der Waals surface area contributed by atoms with Gasteiger partial charge < -0.3 is 24.8 Å². The molecule has 2 N–H and O–H groups in total. The maximum Gasteiger partial charge on any atom is 0.191 e. The van der Waals surface area contributed by atoms with Gasteiger partial charge in [0.2, 0.25) is 0 Å². The average molecular weight is 499 g/mol. The molecular weight excluding hydrogens is 469 g/mol. The van der Waals surface area contributed by atoms with Crippen molar-refractivity contribution in [3.8, 4) is 11.5 Å². The van der Waals surface area contributed by atoms with E-state index in [1.54, 1.807) is 21.3 Å².